The van der Waals surface area contributed by atoms with Crippen molar-refractivity contribution >= 4 is 72.2 Å². The minimum atomic E-state index is -2.16. The van der Waals surface area contributed by atoms with Crippen molar-refractivity contribution in [2.45, 2.75) is 233 Å². The molecule has 1 heterocycles. The first-order chi connectivity index (χ1) is 32.4. The van der Waals surface area contributed by atoms with Gasteiger partial charge in [-0.15, -0.1) is 11.1 Å². The monoisotopic (exact) mass is 1090 g/mol. The average molecular weight is 1090 g/mol. The molecular formula is C58H100N2O4SSi6. The van der Waals surface area contributed by atoms with E-state index in [4.69, 9.17) is 26.5 Å². The molecule has 0 saturated heterocycles. The highest BCUT2D eigenvalue weighted by Crippen LogP contribution is 2.40. The fraction of sp³-hybridized carbons (Fsp3) is 0.690. The summed E-state index contributed by atoms with van der Waals surface area (Å²) in [5, 5.41) is 0.157. The van der Waals surface area contributed by atoms with Gasteiger partial charge in [0.2, 0.25) is 0 Å². The molecule has 1 aromatic heterocycles. The van der Waals surface area contributed by atoms with Crippen LogP contribution in [0.2, 0.25) is 109 Å². The van der Waals surface area contributed by atoms with Crippen molar-refractivity contribution < 1.29 is 17.7 Å². The lowest BCUT2D eigenvalue weighted by molar-refractivity contribution is 0.308. The fourth-order valence-electron chi connectivity index (χ4n) is 6.47. The standard InChI is InChI=1S/C58H100N2O4SSi6/c1-27-70(28-2,29-3)41-39-51(45-63-68(23,24)57(13,14)15)49(43-61-66(19,20)55(7,8)9)37-35-47-33-34-48(54-53(47)59-65-60-54)36-38-50(44-62-67(21,22)56(10,11)12)52(40-42-71(30-4,31-5)32-6)46-64-69(25,26)58(16,17)18/h33-34H,27-32,43-46H2,1-26H3/b51-49+,52-50+. The van der Waals surface area contributed by atoms with Crippen molar-refractivity contribution in [3.05, 3.63) is 45.6 Å². The van der Waals surface area contributed by atoms with Crippen LogP contribution in [0.4, 0.5) is 0 Å². The van der Waals surface area contributed by atoms with Crippen LogP contribution in [-0.2, 0) is 17.7 Å². The SMILES string of the molecule is CC[Si](C#C/C(CO[Si](C)(C)C(C)(C)C)=C(/C#Cc1ccc(C#C/C(CO[Si](C)(C)C(C)(C)C)=C(/C#C[Si](CC)(CC)CC)CO[Si](C)(C)C(C)(C)C)c2nsnc12)CO[Si](C)(C)C(C)(C)C)(CC)CC. The van der Waals surface area contributed by atoms with Crippen LogP contribution in [0, 0.1) is 46.6 Å². The molecule has 0 radical (unpaired) electrons. The van der Waals surface area contributed by atoms with Crippen LogP contribution in [-0.4, -0.2) is 84.6 Å². The lowest BCUT2D eigenvalue weighted by Gasteiger charge is -2.37. The van der Waals surface area contributed by atoms with Gasteiger partial charge in [-0.2, -0.15) is 8.75 Å². The van der Waals surface area contributed by atoms with Crippen molar-refractivity contribution in [1.82, 2.24) is 8.75 Å². The van der Waals surface area contributed by atoms with E-state index in [1.807, 2.05) is 12.1 Å². The summed E-state index contributed by atoms with van der Waals surface area (Å²) in [6.07, 6.45) is 0. The van der Waals surface area contributed by atoms with Gasteiger partial charge in [-0.3, -0.25) is 0 Å². The predicted molar refractivity (Wildman–Crippen MR) is 328 cm³/mol. The van der Waals surface area contributed by atoms with Gasteiger partial charge < -0.3 is 17.7 Å². The van der Waals surface area contributed by atoms with Gasteiger partial charge in [-0.25, -0.2) is 0 Å². The zero-order valence-electron chi connectivity index (χ0n) is 50.2. The molecule has 0 amide bonds. The summed E-state index contributed by atoms with van der Waals surface area (Å²) < 4.78 is 37.6. The summed E-state index contributed by atoms with van der Waals surface area (Å²) in [4.78, 5) is 0. The molecule has 0 aliphatic rings. The number of nitrogens with zero attached hydrogens (tertiary/aromatic N) is 2. The lowest BCUT2D eigenvalue weighted by Crippen LogP contribution is -2.42. The Balaban J connectivity index is 3.10. The Morgan fingerprint density at radius 1 is 0.408 bits per heavy atom. The molecule has 1 aromatic carbocycles. The third-order valence-electron chi connectivity index (χ3n) is 17.4. The molecule has 0 aliphatic carbocycles. The maximum atomic E-state index is 6.97. The van der Waals surface area contributed by atoms with Crippen molar-refractivity contribution in [2.75, 3.05) is 26.4 Å². The molecule has 0 fully saturated rings. The minimum Gasteiger partial charge on any atom is -0.412 e. The van der Waals surface area contributed by atoms with E-state index in [9.17, 15) is 0 Å². The normalized spacial score (nSPS) is 14.3. The molecule has 0 spiro atoms. The van der Waals surface area contributed by atoms with Crippen LogP contribution in [0.25, 0.3) is 11.0 Å². The van der Waals surface area contributed by atoms with E-state index in [1.165, 1.54) is 11.7 Å². The number of hydrogen-bond donors (Lipinski definition) is 0. The molecule has 0 atom stereocenters. The summed E-state index contributed by atoms with van der Waals surface area (Å²) >= 11 is 1.19. The van der Waals surface area contributed by atoms with Crippen molar-refractivity contribution in [1.29, 1.82) is 0 Å². The van der Waals surface area contributed by atoms with E-state index in [0.717, 1.165) is 80.7 Å². The molecule has 0 N–H and O–H groups in total. The molecule has 6 nitrogen and oxygen atoms in total. The number of rotatable bonds is 18. The largest absolute Gasteiger partial charge is 0.412 e. The maximum absolute atomic E-state index is 6.97. The first-order valence-electron chi connectivity index (χ1n) is 26.7. The lowest BCUT2D eigenvalue weighted by atomic mass is 10.1. The van der Waals surface area contributed by atoms with E-state index in [-0.39, 0.29) is 20.2 Å². The number of aromatic nitrogens is 2. The topological polar surface area (TPSA) is 62.7 Å². The van der Waals surface area contributed by atoms with Crippen LogP contribution in [0.5, 0.6) is 0 Å². The molecule has 0 aliphatic heterocycles. The molecule has 13 heteroatoms. The van der Waals surface area contributed by atoms with Crippen molar-refractivity contribution in [2.24, 2.45) is 0 Å². The summed E-state index contributed by atoms with van der Waals surface area (Å²) in [5.41, 5.74) is 14.5. The van der Waals surface area contributed by atoms with E-state index in [2.05, 4.69) is 224 Å². The second-order valence-corrected chi connectivity index (χ2v) is 55.5. The first-order valence-corrected chi connectivity index (χ1v) is 44.3. The maximum Gasteiger partial charge on any atom is 0.192 e. The minimum absolute atomic E-state index is 0.0306. The number of benzene rings is 1. The second kappa shape index (κ2) is 25.6. The zero-order chi connectivity index (χ0) is 54.7. The highest BCUT2D eigenvalue weighted by molar-refractivity contribution is 7.00. The third kappa shape index (κ3) is 17.7. The van der Waals surface area contributed by atoms with Gasteiger partial charge in [-0.05, 0) is 121 Å². The Morgan fingerprint density at radius 3 is 0.845 bits per heavy atom. The summed E-state index contributed by atoms with van der Waals surface area (Å²) in [6, 6.07) is 10.8. The molecule has 2 aromatic rings. The molecule has 0 bridgehead atoms. The van der Waals surface area contributed by atoms with Gasteiger partial charge in [0.15, 0.2) is 33.3 Å². The van der Waals surface area contributed by atoms with Gasteiger partial charge in [0.1, 0.15) is 27.2 Å². The molecule has 71 heavy (non-hydrogen) atoms. The predicted octanol–water partition coefficient (Wildman–Crippen LogP) is 17.2. The van der Waals surface area contributed by atoms with Gasteiger partial charge in [0.25, 0.3) is 0 Å². The average Bonchev–Trinajstić information content (AvgIpc) is 3.77. The van der Waals surface area contributed by atoms with Crippen LogP contribution in [0.3, 0.4) is 0 Å². The Morgan fingerprint density at radius 2 is 0.634 bits per heavy atom. The second-order valence-electron chi connectivity index (χ2n) is 25.9. The summed E-state index contributed by atoms with van der Waals surface area (Å²) in [7, 11) is -12.2. The number of fused-ring (bicyclic) bond motifs is 1. The zero-order valence-corrected chi connectivity index (χ0v) is 57.0. The van der Waals surface area contributed by atoms with Crippen LogP contribution >= 0.6 is 11.7 Å². The van der Waals surface area contributed by atoms with Crippen molar-refractivity contribution in [3.8, 4) is 46.6 Å². The van der Waals surface area contributed by atoms with Gasteiger partial charge in [-0.1, -0.05) is 160 Å². The molecular weight excluding hydrogens is 989 g/mol. The van der Waals surface area contributed by atoms with E-state index >= 15 is 0 Å². The van der Waals surface area contributed by atoms with E-state index in [0.29, 0.717) is 26.4 Å². The molecule has 2 rings (SSSR count). The highest BCUT2D eigenvalue weighted by atomic mass is 32.1. The summed E-state index contributed by atoms with van der Waals surface area (Å²) in [5.74, 6) is 22.0. The van der Waals surface area contributed by atoms with Crippen LogP contribution in [0.15, 0.2) is 34.4 Å². The van der Waals surface area contributed by atoms with Gasteiger partial charge in [0.05, 0.1) is 49.3 Å². The van der Waals surface area contributed by atoms with Gasteiger partial charge >= 0.3 is 0 Å². The Bertz CT molecular complexity index is 2250. The smallest absolute Gasteiger partial charge is 0.192 e. The highest BCUT2D eigenvalue weighted by Gasteiger charge is 2.41. The Kier molecular flexibility index (Phi) is 23.5. The quantitative estimate of drug-likeness (QED) is 0.109. The third-order valence-corrected chi connectivity index (χ3v) is 45.3. The summed E-state index contributed by atoms with van der Waals surface area (Å²) in [6.45, 7) is 61.3. The van der Waals surface area contributed by atoms with Crippen LogP contribution < -0.4 is 0 Å². The Hall–Kier alpha value is -2.10. The molecule has 0 unspecified atom stereocenters. The van der Waals surface area contributed by atoms with E-state index in [1.54, 1.807) is 0 Å². The fourth-order valence-corrected chi connectivity index (χ4v) is 15.7. The molecule has 396 valence electrons. The molecule has 0 saturated carbocycles. The Labute approximate surface area is 447 Å². The van der Waals surface area contributed by atoms with Crippen LogP contribution in [0.1, 0.15) is 136 Å². The van der Waals surface area contributed by atoms with Crippen molar-refractivity contribution in [3.63, 3.8) is 0 Å². The number of hydrogen-bond acceptors (Lipinski definition) is 7. The first kappa shape index (κ1) is 65.0. The van der Waals surface area contributed by atoms with E-state index < -0.39 is 49.4 Å². The van der Waals surface area contributed by atoms with Gasteiger partial charge in [0, 0.05) is 22.3 Å².